The van der Waals surface area contributed by atoms with Gasteiger partial charge in [-0.25, -0.2) is 4.98 Å². The number of carbonyl (C=O) groups is 3. The Morgan fingerprint density at radius 3 is 2.62 bits per heavy atom. The number of thiazole rings is 1. The van der Waals surface area contributed by atoms with Crippen molar-refractivity contribution < 1.29 is 19.3 Å². The van der Waals surface area contributed by atoms with Crippen LogP contribution in [0.3, 0.4) is 0 Å². The molecule has 0 N–H and O–H groups in total. The number of imide groups is 1. The molecule has 0 spiro atoms. The molecule has 3 amide bonds. The first-order chi connectivity index (χ1) is 13.8. The Kier molecular flexibility index (Phi) is 4.55. The van der Waals surface area contributed by atoms with Gasteiger partial charge in [0.05, 0.1) is 32.8 Å². The molecular formula is C19H14N4O5S. The highest BCUT2D eigenvalue weighted by molar-refractivity contribution is 7.18. The first-order valence-electron chi connectivity index (χ1n) is 8.58. The quantitative estimate of drug-likeness (QED) is 0.363. The van der Waals surface area contributed by atoms with Crippen LogP contribution in [0.5, 0.6) is 0 Å². The highest BCUT2D eigenvalue weighted by atomic mass is 32.1. The van der Waals surface area contributed by atoms with Crippen LogP contribution in [0.4, 0.5) is 5.69 Å². The molecule has 0 unspecified atom stereocenters. The van der Waals surface area contributed by atoms with Crippen LogP contribution in [-0.4, -0.2) is 51.0 Å². The number of benzene rings is 2. The van der Waals surface area contributed by atoms with E-state index in [0.29, 0.717) is 0 Å². The van der Waals surface area contributed by atoms with Crippen molar-refractivity contribution in [2.24, 2.45) is 0 Å². The van der Waals surface area contributed by atoms with E-state index in [9.17, 15) is 24.5 Å². The second-order valence-corrected chi connectivity index (χ2v) is 7.62. The normalized spacial score (nSPS) is 13.1. The first-order valence-corrected chi connectivity index (χ1v) is 9.40. The highest BCUT2D eigenvalue weighted by Gasteiger charge is 2.38. The van der Waals surface area contributed by atoms with Gasteiger partial charge in [0.15, 0.2) is 0 Å². The number of hydrogen-bond donors (Lipinski definition) is 0. The number of carbonyl (C=O) groups excluding carboxylic acids is 3. The van der Waals surface area contributed by atoms with E-state index in [1.54, 1.807) is 7.05 Å². The molecular weight excluding hydrogens is 396 g/mol. The minimum atomic E-state index is -0.713. The van der Waals surface area contributed by atoms with Crippen LogP contribution in [0.2, 0.25) is 0 Å². The lowest BCUT2D eigenvalue weighted by atomic mass is 10.1. The molecule has 0 saturated carbocycles. The number of hydrogen-bond acceptors (Lipinski definition) is 7. The lowest BCUT2D eigenvalue weighted by molar-refractivity contribution is -0.384. The fraction of sp³-hybridized carbons (Fsp3) is 0.158. The second-order valence-electron chi connectivity index (χ2n) is 6.51. The van der Waals surface area contributed by atoms with Gasteiger partial charge in [0.2, 0.25) is 5.91 Å². The number of rotatable bonds is 5. The van der Waals surface area contributed by atoms with E-state index in [0.717, 1.165) is 32.3 Å². The molecule has 3 aromatic rings. The van der Waals surface area contributed by atoms with E-state index < -0.39 is 29.2 Å². The standard InChI is InChI=1S/C19H14N4O5S/c1-21(9-16-20-14-4-2-3-5-15(14)29-16)17(24)10-22-18(25)12-7-6-11(23(27)28)8-13(12)19(22)26/h2-8H,9-10H2,1H3. The maximum atomic E-state index is 12.6. The summed E-state index contributed by atoms with van der Waals surface area (Å²) in [5.74, 6) is -1.79. The van der Waals surface area contributed by atoms with Gasteiger partial charge in [-0.3, -0.25) is 29.4 Å². The van der Waals surface area contributed by atoms with Gasteiger partial charge in [-0.15, -0.1) is 11.3 Å². The summed E-state index contributed by atoms with van der Waals surface area (Å²) in [7, 11) is 1.57. The van der Waals surface area contributed by atoms with Crippen LogP contribution in [0, 0.1) is 10.1 Å². The summed E-state index contributed by atoms with van der Waals surface area (Å²) < 4.78 is 1.00. The zero-order chi connectivity index (χ0) is 20.7. The summed E-state index contributed by atoms with van der Waals surface area (Å²) in [5.41, 5.74) is 0.550. The lowest BCUT2D eigenvalue weighted by Gasteiger charge is -2.19. The Hall–Kier alpha value is -3.66. The van der Waals surface area contributed by atoms with Crippen LogP contribution in [0.15, 0.2) is 42.5 Å². The molecule has 146 valence electrons. The van der Waals surface area contributed by atoms with Crippen molar-refractivity contribution in [1.82, 2.24) is 14.8 Å². The van der Waals surface area contributed by atoms with Crippen LogP contribution >= 0.6 is 11.3 Å². The van der Waals surface area contributed by atoms with Gasteiger partial charge >= 0.3 is 0 Å². The van der Waals surface area contributed by atoms with Crippen molar-refractivity contribution in [2.75, 3.05) is 13.6 Å². The van der Waals surface area contributed by atoms with E-state index >= 15 is 0 Å². The first kappa shape index (κ1) is 18.7. The van der Waals surface area contributed by atoms with E-state index in [4.69, 9.17) is 0 Å². The molecule has 1 aromatic heterocycles. The molecule has 0 bridgehead atoms. The van der Waals surface area contributed by atoms with Crippen molar-refractivity contribution in [3.8, 4) is 0 Å². The van der Waals surface area contributed by atoms with Crippen LogP contribution in [-0.2, 0) is 11.3 Å². The zero-order valence-corrected chi connectivity index (χ0v) is 16.0. The molecule has 0 aliphatic carbocycles. The number of fused-ring (bicyclic) bond motifs is 2. The molecule has 1 aliphatic rings. The average molecular weight is 410 g/mol. The zero-order valence-electron chi connectivity index (χ0n) is 15.2. The number of nitrogens with zero attached hydrogens (tertiary/aromatic N) is 4. The summed E-state index contributed by atoms with van der Waals surface area (Å²) >= 11 is 1.46. The van der Waals surface area contributed by atoms with Crippen LogP contribution < -0.4 is 0 Å². The number of nitro groups is 1. The van der Waals surface area contributed by atoms with Gasteiger partial charge in [-0.2, -0.15) is 0 Å². The molecule has 0 atom stereocenters. The molecule has 9 nitrogen and oxygen atoms in total. The molecule has 0 saturated heterocycles. The van der Waals surface area contributed by atoms with E-state index in [1.165, 1.54) is 22.3 Å². The minimum absolute atomic E-state index is 0.0576. The van der Waals surface area contributed by atoms with Gasteiger partial charge in [0, 0.05) is 19.2 Å². The topological polar surface area (TPSA) is 114 Å². The van der Waals surface area contributed by atoms with Crippen molar-refractivity contribution in [3.63, 3.8) is 0 Å². The molecule has 0 fully saturated rings. The van der Waals surface area contributed by atoms with Gasteiger partial charge in [0.25, 0.3) is 17.5 Å². The third kappa shape index (κ3) is 3.34. The number of aromatic nitrogens is 1. The van der Waals surface area contributed by atoms with Crippen molar-refractivity contribution in [1.29, 1.82) is 0 Å². The molecule has 10 heteroatoms. The Balaban J connectivity index is 1.48. The Bertz CT molecular complexity index is 1160. The van der Waals surface area contributed by atoms with E-state index in [1.807, 2.05) is 24.3 Å². The van der Waals surface area contributed by atoms with E-state index in [2.05, 4.69) is 4.98 Å². The Labute approximate surface area is 168 Å². The van der Waals surface area contributed by atoms with Gasteiger partial charge in [-0.05, 0) is 18.2 Å². The predicted octanol–water partition coefficient (Wildman–Crippen LogP) is 2.46. The fourth-order valence-corrected chi connectivity index (χ4v) is 4.09. The molecule has 2 heterocycles. The molecule has 4 rings (SSSR count). The monoisotopic (exact) mass is 410 g/mol. The summed E-state index contributed by atoms with van der Waals surface area (Å²) in [5, 5.41) is 11.6. The largest absolute Gasteiger partial charge is 0.337 e. The Morgan fingerprint density at radius 2 is 1.90 bits per heavy atom. The second kappa shape index (κ2) is 7.06. The third-order valence-electron chi connectivity index (χ3n) is 4.59. The van der Waals surface area contributed by atoms with E-state index in [-0.39, 0.29) is 23.4 Å². The molecule has 1 aliphatic heterocycles. The third-order valence-corrected chi connectivity index (χ3v) is 5.62. The smallest absolute Gasteiger partial charge is 0.270 e. The van der Waals surface area contributed by atoms with Crippen molar-refractivity contribution in [2.45, 2.75) is 6.54 Å². The lowest BCUT2D eigenvalue weighted by Crippen LogP contribution is -2.40. The summed E-state index contributed by atoms with van der Waals surface area (Å²) in [6, 6.07) is 11.1. The number of amides is 3. The predicted molar refractivity (Wildman–Crippen MR) is 105 cm³/mol. The summed E-state index contributed by atoms with van der Waals surface area (Å²) in [6.45, 7) is -0.200. The SMILES string of the molecule is CN(Cc1nc2ccccc2s1)C(=O)CN1C(=O)c2ccc([N+](=O)[O-])cc2C1=O. The average Bonchev–Trinajstić information content (AvgIpc) is 3.21. The van der Waals surface area contributed by atoms with Crippen molar-refractivity contribution >= 4 is 45.0 Å². The minimum Gasteiger partial charge on any atom is -0.337 e. The van der Waals surface area contributed by atoms with Crippen molar-refractivity contribution in [3.05, 3.63) is 68.7 Å². The number of non-ortho nitro benzene ring substituents is 1. The summed E-state index contributed by atoms with van der Waals surface area (Å²) in [6.07, 6.45) is 0. The van der Waals surface area contributed by atoms with Crippen LogP contribution in [0.25, 0.3) is 10.2 Å². The molecule has 0 radical (unpaired) electrons. The van der Waals surface area contributed by atoms with Gasteiger partial charge in [0.1, 0.15) is 11.6 Å². The maximum absolute atomic E-state index is 12.6. The van der Waals surface area contributed by atoms with Crippen LogP contribution in [0.1, 0.15) is 25.7 Å². The summed E-state index contributed by atoms with van der Waals surface area (Å²) in [4.78, 5) is 54.5. The molecule has 29 heavy (non-hydrogen) atoms. The highest BCUT2D eigenvalue weighted by Crippen LogP contribution is 2.27. The number of nitro benzene ring substituents is 1. The van der Waals surface area contributed by atoms with Gasteiger partial charge < -0.3 is 4.90 Å². The number of likely N-dealkylation sites (N-methyl/N-ethyl adjacent to an activating group) is 1. The maximum Gasteiger partial charge on any atom is 0.270 e. The molecule has 2 aromatic carbocycles. The number of para-hydroxylation sites is 1. The Morgan fingerprint density at radius 1 is 1.17 bits per heavy atom. The van der Waals surface area contributed by atoms with Gasteiger partial charge in [-0.1, -0.05) is 12.1 Å². The fourth-order valence-electron chi connectivity index (χ4n) is 3.07.